The van der Waals surface area contributed by atoms with Gasteiger partial charge in [-0.2, -0.15) is 15.2 Å². The first-order chi connectivity index (χ1) is 15.1. The van der Waals surface area contributed by atoms with Gasteiger partial charge in [-0.1, -0.05) is 12.2 Å². The maximum absolute atomic E-state index is 9.65. The minimum atomic E-state index is -0.0858. The van der Waals surface area contributed by atoms with Gasteiger partial charge in [-0.05, 0) is 13.0 Å². The summed E-state index contributed by atoms with van der Waals surface area (Å²) in [6, 6.07) is 2.14. The van der Waals surface area contributed by atoms with Crippen molar-refractivity contribution in [3.8, 4) is 6.07 Å². The van der Waals surface area contributed by atoms with Crippen LogP contribution in [0.1, 0.15) is 17.7 Å². The topological polar surface area (TPSA) is 161 Å². The van der Waals surface area contributed by atoms with E-state index in [0.717, 1.165) is 0 Å². The molecular formula is C19H23N11O. The molecule has 1 aliphatic heterocycles. The second-order valence-electron chi connectivity index (χ2n) is 6.27. The van der Waals surface area contributed by atoms with Crippen molar-refractivity contribution in [3.05, 3.63) is 35.7 Å². The van der Waals surface area contributed by atoms with E-state index in [0.29, 0.717) is 46.8 Å². The average Bonchev–Trinajstić information content (AvgIpc) is 2.95. The smallest absolute Gasteiger partial charge is 0.226 e. The Kier molecular flexibility index (Phi) is 7.02. The van der Waals surface area contributed by atoms with Gasteiger partial charge in [0.2, 0.25) is 11.8 Å². The third-order valence-electron chi connectivity index (χ3n) is 4.30. The summed E-state index contributed by atoms with van der Waals surface area (Å²) in [7, 11) is 3.39. The van der Waals surface area contributed by atoms with Crippen LogP contribution in [0.2, 0.25) is 0 Å². The van der Waals surface area contributed by atoms with Gasteiger partial charge in [-0.3, -0.25) is 0 Å². The summed E-state index contributed by atoms with van der Waals surface area (Å²) >= 11 is 0. The van der Waals surface area contributed by atoms with Gasteiger partial charge < -0.3 is 21.1 Å². The summed E-state index contributed by atoms with van der Waals surface area (Å²) in [5, 5.41) is 40.6. The van der Waals surface area contributed by atoms with Crippen molar-refractivity contribution in [1.29, 1.82) is 5.26 Å². The highest BCUT2D eigenvalue weighted by Crippen LogP contribution is 2.34. The molecule has 2 aromatic heterocycles. The molecule has 0 saturated carbocycles. The summed E-state index contributed by atoms with van der Waals surface area (Å²) < 4.78 is 1.59. The highest BCUT2D eigenvalue weighted by molar-refractivity contribution is 5.87. The maximum atomic E-state index is 9.65. The van der Waals surface area contributed by atoms with Gasteiger partial charge in [-0.25, -0.2) is 9.67 Å². The molecule has 0 saturated heterocycles. The normalized spacial score (nSPS) is 13.1. The molecule has 31 heavy (non-hydrogen) atoms. The number of aliphatic hydroxyl groups excluding tert-OH is 1. The van der Waals surface area contributed by atoms with E-state index in [1.54, 1.807) is 31.9 Å². The highest BCUT2D eigenvalue weighted by atomic mass is 16.3. The monoisotopic (exact) mass is 421 g/mol. The molecule has 3 rings (SSSR count). The summed E-state index contributed by atoms with van der Waals surface area (Å²) in [6.07, 6.45) is 7.92. The zero-order valence-corrected chi connectivity index (χ0v) is 17.5. The fourth-order valence-electron chi connectivity index (χ4n) is 2.79. The number of nitrogens with one attached hydrogen (secondary N) is 3. The van der Waals surface area contributed by atoms with E-state index in [1.807, 2.05) is 18.2 Å². The molecule has 4 N–H and O–H groups in total. The van der Waals surface area contributed by atoms with E-state index in [4.69, 9.17) is 5.11 Å². The molecule has 0 fully saturated rings. The highest BCUT2D eigenvalue weighted by Gasteiger charge is 2.19. The SMILES string of the molecule is CNc1nc(NC)c(N=Nc2nn(C3=NC=CC=CC3)c(C)c2C#N)c(NCCO)n1. The van der Waals surface area contributed by atoms with Crippen LogP contribution in [0.3, 0.4) is 0 Å². The van der Waals surface area contributed by atoms with Crippen LogP contribution in [-0.4, -0.2) is 57.9 Å². The Balaban J connectivity index is 2.04. The van der Waals surface area contributed by atoms with Gasteiger partial charge in [0, 0.05) is 33.3 Å². The van der Waals surface area contributed by atoms with Gasteiger partial charge in [0.25, 0.3) is 0 Å². The Morgan fingerprint density at radius 2 is 2.00 bits per heavy atom. The lowest BCUT2D eigenvalue weighted by molar-refractivity contribution is 0.311. The third-order valence-corrected chi connectivity index (χ3v) is 4.30. The van der Waals surface area contributed by atoms with Gasteiger partial charge in [0.15, 0.2) is 17.3 Å². The number of anilines is 3. The molecular weight excluding hydrogens is 398 g/mol. The van der Waals surface area contributed by atoms with Crippen LogP contribution in [0.25, 0.3) is 0 Å². The quantitative estimate of drug-likeness (QED) is 0.496. The third kappa shape index (κ3) is 4.73. The molecule has 0 atom stereocenters. The summed E-state index contributed by atoms with van der Waals surface area (Å²) in [5.41, 5.74) is 1.24. The lowest BCUT2D eigenvalue weighted by atomic mass is 10.2. The Labute approximate surface area is 179 Å². The molecule has 12 heteroatoms. The van der Waals surface area contributed by atoms with E-state index < -0.39 is 0 Å². The number of aliphatic hydroxyl groups is 1. The van der Waals surface area contributed by atoms with Gasteiger partial charge in [0.05, 0.1) is 12.3 Å². The van der Waals surface area contributed by atoms with E-state index in [1.165, 1.54) is 0 Å². The van der Waals surface area contributed by atoms with Crippen LogP contribution in [0.4, 0.5) is 29.1 Å². The fourth-order valence-corrected chi connectivity index (χ4v) is 2.79. The van der Waals surface area contributed by atoms with E-state index in [9.17, 15) is 5.26 Å². The number of azo groups is 1. The van der Waals surface area contributed by atoms with Crippen molar-refractivity contribution in [2.24, 2.45) is 15.2 Å². The second kappa shape index (κ2) is 10.1. The van der Waals surface area contributed by atoms with Gasteiger partial charge in [0.1, 0.15) is 17.5 Å². The first kappa shape index (κ1) is 21.6. The second-order valence-corrected chi connectivity index (χ2v) is 6.27. The number of hydrogen-bond acceptors (Lipinski definition) is 11. The molecule has 2 aromatic rings. The van der Waals surface area contributed by atoms with Crippen LogP contribution < -0.4 is 16.0 Å². The van der Waals surface area contributed by atoms with Crippen molar-refractivity contribution in [2.75, 3.05) is 43.2 Å². The van der Waals surface area contributed by atoms with E-state index in [-0.39, 0.29) is 19.0 Å². The molecule has 12 nitrogen and oxygen atoms in total. The first-order valence-electron chi connectivity index (χ1n) is 9.55. The van der Waals surface area contributed by atoms with Crippen LogP contribution in [0, 0.1) is 18.3 Å². The van der Waals surface area contributed by atoms with Gasteiger partial charge >= 0.3 is 0 Å². The molecule has 0 aromatic carbocycles. The van der Waals surface area contributed by atoms with Crippen LogP contribution in [0.5, 0.6) is 0 Å². The molecule has 0 bridgehead atoms. The van der Waals surface area contributed by atoms with Crippen molar-refractivity contribution in [1.82, 2.24) is 19.7 Å². The van der Waals surface area contributed by atoms with Crippen LogP contribution in [-0.2, 0) is 0 Å². The van der Waals surface area contributed by atoms with E-state index >= 15 is 0 Å². The Morgan fingerprint density at radius 3 is 2.71 bits per heavy atom. The fraction of sp³-hybridized carbons (Fsp3) is 0.316. The minimum absolute atomic E-state index is 0.0858. The van der Waals surface area contributed by atoms with Crippen molar-refractivity contribution in [2.45, 2.75) is 13.3 Å². The summed E-state index contributed by atoms with van der Waals surface area (Å²) in [6.45, 7) is 1.96. The predicted molar refractivity (Wildman–Crippen MR) is 118 cm³/mol. The number of aliphatic imine (C=N–C) groups is 1. The number of allylic oxidation sites excluding steroid dienone is 3. The number of nitriles is 1. The molecule has 0 spiro atoms. The molecule has 0 aliphatic carbocycles. The molecule has 3 heterocycles. The van der Waals surface area contributed by atoms with E-state index in [2.05, 4.69) is 52.3 Å². The standard InChI is InChI=1S/C19H23N11O/c1-12-13(11-20)16(29-30(12)14-7-5-4-6-8-23-14)28-27-15-17(21-2)25-19(22-3)26-18(15)24-9-10-31/h4-6,8,31H,7,9-10H2,1-3H3,(H3,21,22,24,25,26). The van der Waals surface area contributed by atoms with Crippen molar-refractivity contribution in [3.63, 3.8) is 0 Å². The van der Waals surface area contributed by atoms with Gasteiger partial charge in [-0.15, -0.1) is 15.3 Å². The summed E-state index contributed by atoms with van der Waals surface area (Å²) in [4.78, 5) is 13.0. The number of hydrogen-bond donors (Lipinski definition) is 4. The maximum Gasteiger partial charge on any atom is 0.226 e. The lowest BCUT2D eigenvalue weighted by Crippen LogP contribution is -2.14. The number of aromatic nitrogens is 4. The molecule has 160 valence electrons. The molecule has 0 unspecified atom stereocenters. The lowest BCUT2D eigenvalue weighted by Gasteiger charge is -2.12. The van der Waals surface area contributed by atoms with Crippen molar-refractivity contribution >= 4 is 34.9 Å². The predicted octanol–water partition coefficient (Wildman–Crippen LogP) is 2.48. The van der Waals surface area contributed by atoms with Crippen LogP contribution >= 0.6 is 0 Å². The summed E-state index contributed by atoms with van der Waals surface area (Å²) in [5.74, 6) is 1.99. The number of rotatable bonds is 7. The Bertz CT molecular complexity index is 1110. The minimum Gasteiger partial charge on any atom is -0.395 e. The van der Waals surface area contributed by atoms with Crippen LogP contribution in [0.15, 0.2) is 39.6 Å². The number of nitrogens with zero attached hydrogens (tertiary/aromatic N) is 8. The first-order valence-corrected chi connectivity index (χ1v) is 9.55. The average molecular weight is 421 g/mol. The van der Waals surface area contributed by atoms with Crippen molar-refractivity contribution < 1.29 is 5.11 Å². The zero-order valence-electron chi connectivity index (χ0n) is 17.5. The zero-order chi connectivity index (χ0) is 22.2. The molecule has 1 aliphatic rings. The largest absolute Gasteiger partial charge is 0.395 e. The molecule has 0 amide bonds. The Morgan fingerprint density at radius 1 is 1.19 bits per heavy atom. The Hall–Kier alpha value is -4.11. The molecule has 0 radical (unpaired) electrons.